The summed E-state index contributed by atoms with van der Waals surface area (Å²) in [5.41, 5.74) is 1.25. The first-order valence-electron chi connectivity index (χ1n) is 4.44. The zero-order valence-electron chi connectivity index (χ0n) is 8.81. The van der Waals surface area contributed by atoms with Gasteiger partial charge in [-0.2, -0.15) is 0 Å². The van der Waals surface area contributed by atoms with Gasteiger partial charge < -0.3 is 5.11 Å². The predicted molar refractivity (Wildman–Crippen MR) is 54.2 cm³/mol. The Balaban J connectivity index is 4.40. The van der Waals surface area contributed by atoms with Crippen molar-refractivity contribution in [3.05, 3.63) is 23.5 Å². The number of allylic oxidation sites excluding steroid dienone is 3. The van der Waals surface area contributed by atoms with Crippen LogP contribution in [0.15, 0.2) is 23.5 Å². The molecule has 0 fully saturated rings. The molecule has 0 saturated heterocycles. The third kappa shape index (κ3) is 6.02. The van der Waals surface area contributed by atoms with E-state index in [9.17, 15) is 5.11 Å². The van der Waals surface area contributed by atoms with Gasteiger partial charge in [0.25, 0.3) is 0 Å². The third-order valence-corrected chi connectivity index (χ3v) is 1.53. The van der Waals surface area contributed by atoms with E-state index in [2.05, 4.69) is 27.7 Å². The number of rotatable bonds is 2. The Bertz CT molecular complexity index is 192. The molecule has 70 valence electrons. The molecule has 1 nitrogen and oxygen atoms in total. The highest BCUT2D eigenvalue weighted by Crippen LogP contribution is 2.17. The van der Waals surface area contributed by atoms with Crippen molar-refractivity contribution in [2.24, 2.45) is 5.41 Å². The van der Waals surface area contributed by atoms with Gasteiger partial charge in [-0.25, -0.2) is 0 Å². The molecule has 12 heavy (non-hydrogen) atoms. The molecule has 1 heteroatoms. The molecule has 0 unspecified atom stereocenters. The van der Waals surface area contributed by atoms with Crippen LogP contribution in [0.25, 0.3) is 0 Å². The molecule has 0 amide bonds. The van der Waals surface area contributed by atoms with Crippen LogP contribution in [0.4, 0.5) is 0 Å². The summed E-state index contributed by atoms with van der Waals surface area (Å²) in [5.74, 6) is 0.377. The van der Waals surface area contributed by atoms with Crippen molar-refractivity contribution in [2.45, 2.75) is 41.0 Å². The van der Waals surface area contributed by atoms with Crippen molar-refractivity contribution in [1.82, 2.24) is 0 Å². The molecule has 0 spiro atoms. The Kier molecular flexibility index (Phi) is 4.08. The first-order chi connectivity index (χ1) is 5.35. The van der Waals surface area contributed by atoms with E-state index in [1.807, 2.05) is 19.1 Å². The van der Waals surface area contributed by atoms with Gasteiger partial charge in [0.15, 0.2) is 0 Å². The lowest BCUT2D eigenvalue weighted by Crippen LogP contribution is -2.00. The van der Waals surface area contributed by atoms with Gasteiger partial charge in [0.1, 0.15) is 5.76 Å². The maximum atomic E-state index is 9.47. The zero-order valence-corrected chi connectivity index (χ0v) is 8.81. The van der Waals surface area contributed by atoms with Gasteiger partial charge in [0.2, 0.25) is 0 Å². The Morgan fingerprint density at radius 1 is 1.33 bits per heavy atom. The van der Waals surface area contributed by atoms with E-state index in [0.717, 1.165) is 6.42 Å². The van der Waals surface area contributed by atoms with E-state index < -0.39 is 0 Å². The summed E-state index contributed by atoms with van der Waals surface area (Å²) in [7, 11) is 0. The van der Waals surface area contributed by atoms with Crippen molar-refractivity contribution in [2.75, 3.05) is 0 Å². The number of aliphatic hydroxyl groups is 1. The minimum atomic E-state index is 0.0502. The second kappa shape index (κ2) is 4.34. The molecule has 0 atom stereocenters. The van der Waals surface area contributed by atoms with Crippen LogP contribution in [0, 0.1) is 5.41 Å². The van der Waals surface area contributed by atoms with Crippen molar-refractivity contribution >= 4 is 0 Å². The summed E-state index contributed by atoms with van der Waals surface area (Å²) in [6.07, 6.45) is 4.68. The monoisotopic (exact) mass is 168 g/mol. The van der Waals surface area contributed by atoms with Gasteiger partial charge in [-0.05, 0) is 30.9 Å². The van der Waals surface area contributed by atoms with E-state index in [4.69, 9.17) is 0 Å². The zero-order chi connectivity index (χ0) is 9.78. The lowest BCUT2D eigenvalue weighted by atomic mass is 9.95. The molecule has 0 rings (SSSR count). The average Bonchev–Trinajstić information content (AvgIpc) is 1.82. The normalized spacial score (nSPS) is 15.1. The van der Waals surface area contributed by atoms with E-state index in [1.165, 1.54) is 5.57 Å². The lowest BCUT2D eigenvalue weighted by molar-refractivity contribution is 0.409. The Labute approximate surface area is 75.8 Å². The minimum absolute atomic E-state index is 0.0502. The molecule has 0 heterocycles. The Morgan fingerprint density at radius 2 is 1.83 bits per heavy atom. The van der Waals surface area contributed by atoms with Crippen LogP contribution in [0.3, 0.4) is 0 Å². The maximum absolute atomic E-state index is 9.47. The number of hydrogen-bond donors (Lipinski definition) is 1. The van der Waals surface area contributed by atoms with Crippen LogP contribution in [0.5, 0.6) is 0 Å². The van der Waals surface area contributed by atoms with Gasteiger partial charge in [-0.15, -0.1) is 0 Å². The lowest BCUT2D eigenvalue weighted by Gasteiger charge is -2.11. The van der Waals surface area contributed by atoms with Crippen LogP contribution in [-0.4, -0.2) is 5.11 Å². The number of aliphatic hydroxyl groups excluding tert-OH is 1. The fraction of sp³-hybridized carbons (Fsp3) is 0.636. The van der Waals surface area contributed by atoms with Gasteiger partial charge >= 0.3 is 0 Å². The van der Waals surface area contributed by atoms with Crippen LogP contribution in [0.1, 0.15) is 41.0 Å². The summed E-state index contributed by atoms with van der Waals surface area (Å²) < 4.78 is 0. The fourth-order valence-corrected chi connectivity index (χ4v) is 0.840. The van der Waals surface area contributed by atoms with Crippen LogP contribution >= 0.6 is 0 Å². The van der Waals surface area contributed by atoms with Crippen molar-refractivity contribution in [1.29, 1.82) is 0 Å². The first-order valence-corrected chi connectivity index (χ1v) is 4.44. The largest absolute Gasteiger partial charge is 0.508 e. The van der Waals surface area contributed by atoms with E-state index in [-0.39, 0.29) is 5.41 Å². The molecule has 0 aromatic rings. The first kappa shape index (κ1) is 11.3. The number of hydrogen-bond acceptors (Lipinski definition) is 1. The maximum Gasteiger partial charge on any atom is 0.112 e. The molecule has 1 N–H and O–H groups in total. The van der Waals surface area contributed by atoms with Crippen LogP contribution < -0.4 is 0 Å². The standard InChI is InChI=1S/C11H20O/c1-6-9(2)7-10(12)8-11(3,4)5/h7-8,12H,6H2,1-5H3/b9-7-,10-8+. The van der Waals surface area contributed by atoms with Gasteiger partial charge in [-0.1, -0.05) is 33.3 Å². The highest BCUT2D eigenvalue weighted by atomic mass is 16.3. The van der Waals surface area contributed by atoms with E-state index in [1.54, 1.807) is 0 Å². The summed E-state index contributed by atoms with van der Waals surface area (Å²) in [5, 5.41) is 9.47. The van der Waals surface area contributed by atoms with Crippen molar-refractivity contribution in [3.63, 3.8) is 0 Å². The topological polar surface area (TPSA) is 20.2 Å². The summed E-state index contributed by atoms with van der Waals surface area (Å²) in [4.78, 5) is 0. The highest BCUT2D eigenvalue weighted by Gasteiger charge is 2.06. The third-order valence-electron chi connectivity index (χ3n) is 1.53. The summed E-state index contributed by atoms with van der Waals surface area (Å²) >= 11 is 0. The molecule has 0 saturated carbocycles. The molecular weight excluding hydrogens is 148 g/mol. The predicted octanol–water partition coefficient (Wildman–Crippen LogP) is 3.83. The van der Waals surface area contributed by atoms with Crippen LogP contribution in [0.2, 0.25) is 0 Å². The van der Waals surface area contributed by atoms with Crippen molar-refractivity contribution < 1.29 is 5.11 Å². The quantitative estimate of drug-likeness (QED) is 0.490. The van der Waals surface area contributed by atoms with E-state index in [0.29, 0.717) is 5.76 Å². The molecule has 0 bridgehead atoms. The fourth-order valence-electron chi connectivity index (χ4n) is 0.840. The van der Waals surface area contributed by atoms with Gasteiger partial charge in [0.05, 0.1) is 0 Å². The van der Waals surface area contributed by atoms with E-state index >= 15 is 0 Å². The van der Waals surface area contributed by atoms with Gasteiger partial charge in [0, 0.05) is 0 Å². The second-order valence-electron chi connectivity index (χ2n) is 4.28. The summed E-state index contributed by atoms with van der Waals surface area (Å²) in [6, 6.07) is 0. The average molecular weight is 168 g/mol. The Hall–Kier alpha value is -0.720. The molecule has 0 radical (unpaired) electrons. The summed E-state index contributed by atoms with van der Waals surface area (Å²) in [6.45, 7) is 10.3. The van der Waals surface area contributed by atoms with Crippen molar-refractivity contribution in [3.8, 4) is 0 Å². The second-order valence-corrected chi connectivity index (χ2v) is 4.28. The molecule has 0 aromatic heterocycles. The highest BCUT2D eigenvalue weighted by molar-refractivity contribution is 5.17. The SMILES string of the molecule is CC/C(C)=C\C(O)=C/C(C)(C)C. The van der Waals surface area contributed by atoms with Crippen LogP contribution in [-0.2, 0) is 0 Å². The molecule has 0 aliphatic rings. The molecule has 0 aromatic carbocycles. The smallest absolute Gasteiger partial charge is 0.112 e. The molecule has 0 aliphatic carbocycles. The molecule has 0 aliphatic heterocycles. The minimum Gasteiger partial charge on any atom is -0.508 e. The Morgan fingerprint density at radius 3 is 2.17 bits per heavy atom. The molecular formula is C11H20O. The van der Waals surface area contributed by atoms with Gasteiger partial charge in [-0.3, -0.25) is 0 Å².